The normalized spacial score (nSPS) is 28.7. The average Bonchev–Trinajstić information content (AvgIpc) is 2.49. The number of unbranched alkanes of at least 4 members (excludes halogenated alkanes) is 1. The molecule has 1 aliphatic heterocycles. The Labute approximate surface area is 131 Å². The van der Waals surface area contributed by atoms with Crippen molar-refractivity contribution in [1.82, 2.24) is 0 Å². The molecule has 0 aromatic carbocycles. The highest BCUT2D eigenvalue weighted by Gasteiger charge is 2.42. The number of methoxy groups -OCH3 is 2. The third-order valence-electron chi connectivity index (χ3n) is 3.84. The van der Waals surface area contributed by atoms with Crippen molar-refractivity contribution < 1.29 is 28.8 Å². The van der Waals surface area contributed by atoms with E-state index in [0.29, 0.717) is 12.8 Å². The van der Waals surface area contributed by atoms with Crippen molar-refractivity contribution in [3.63, 3.8) is 0 Å². The van der Waals surface area contributed by atoms with Crippen LogP contribution in [0.25, 0.3) is 0 Å². The molecular formula is C16H26O6. The van der Waals surface area contributed by atoms with Gasteiger partial charge in [-0.15, -0.1) is 0 Å². The van der Waals surface area contributed by atoms with E-state index in [9.17, 15) is 9.59 Å². The van der Waals surface area contributed by atoms with E-state index in [2.05, 4.69) is 4.74 Å². The van der Waals surface area contributed by atoms with E-state index in [1.807, 2.05) is 13.0 Å². The topological polar surface area (TPSA) is 71.1 Å². The van der Waals surface area contributed by atoms with E-state index >= 15 is 0 Å². The van der Waals surface area contributed by atoms with Gasteiger partial charge in [0.05, 0.1) is 13.5 Å². The van der Waals surface area contributed by atoms with Gasteiger partial charge in [-0.3, -0.25) is 9.59 Å². The zero-order chi connectivity index (χ0) is 16.6. The first-order chi connectivity index (χ1) is 10.4. The lowest BCUT2D eigenvalue weighted by molar-refractivity contribution is -0.475. The molecule has 0 spiro atoms. The third kappa shape index (κ3) is 5.87. The smallest absolute Gasteiger partial charge is 0.308 e. The average molecular weight is 314 g/mol. The summed E-state index contributed by atoms with van der Waals surface area (Å²) in [5.41, 5.74) is 0. The van der Waals surface area contributed by atoms with Crippen LogP contribution in [0.5, 0.6) is 0 Å². The van der Waals surface area contributed by atoms with Gasteiger partial charge >= 0.3 is 5.97 Å². The Morgan fingerprint density at radius 3 is 2.64 bits per heavy atom. The first kappa shape index (κ1) is 18.8. The van der Waals surface area contributed by atoms with Gasteiger partial charge < -0.3 is 9.47 Å². The van der Waals surface area contributed by atoms with Crippen LogP contribution in [0, 0.1) is 5.92 Å². The van der Waals surface area contributed by atoms with Gasteiger partial charge in [-0.05, 0) is 31.8 Å². The van der Waals surface area contributed by atoms with E-state index in [4.69, 9.17) is 14.5 Å². The van der Waals surface area contributed by atoms with Crippen LogP contribution < -0.4 is 0 Å². The van der Waals surface area contributed by atoms with Gasteiger partial charge in [0, 0.05) is 20.0 Å². The van der Waals surface area contributed by atoms with Gasteiger partial charge in [-0.25, -0.2) is 9.78 Å². The quantitative estimate of drug-likeness (QED) is 0.297. The molecule has 1 heterocycles. The molecule has 1 aliphatic rings. The summed E-state index contributed by atoms with van der Waals surface area (Å²) in [6.07, 6.45) is 6.13. The van der Waals surface area contributed by atoms with Crippen LogP contribution >= 0.6 is 0 Å². The second-order valence-corrected chi connectivity index (χ2v) is 5.70. The second-order valence-electron chi connectivity index (χ2n) is 5.70. The zero-order valence-electron chi connectivity index (χ0n) is 13.8. The summed E-state index contributed by atoms with van der Waals surface area (Å²) in [6.45, 7) is 3.52. The van der Waals surface area contributed by atoms with E-state index in [0.717, 1.165) is 12.8 Å². The molecular weight excluding hydrogens is 288 g/mol. The van der Waals surface area contributed by atoms with Crippen molar-refractivity contribution >= 4 is 11.8 Å². The van der Waals surface area contributed by atoms with Crippen molar-refractivity contribution in [2.75, 3.05) is 14.2 Å². The Balaban J connectivity index is 2.47. The van der Waals surface area contributed by atoms with Crippen LogP contribution in [0.4, 0.5) is 0 Å². The number of carbonyl (C=O) groups is 2. The molecule has 22 heavy (non-hydrogen) atoms. The molecule has 1 fully saturated rings. The van der Waals surface area contributed by atoms with Gasteiger partial charge in [0.15, 0.2) is 5.78 Å². The van der Waals surface area contributed by atoms with Crippen LogP contribution in [0.1, 0.15) is 46.0 Å². The SMILES string of the molecule is COC(=O)C[C@@H]1OO[C@@](CCCC=CC(C)=O)(OC)C[C@@H]1C. The minimum Gasteiger partial charge on any atom is -0.469 e. The molecule has 0 unspecified atom stereocenters. The van der Waals surface area contributed by atoms with Crippen molar-refractivity contribution in [3.8, 4) is 0 Å². The molecule has 3 atom stereocenters. The summed E-state index contributed by atoms with van der Waals surface area (Å²) in [4.78, 5) is 33.0. The lowest BCUT2D eigenvalue weighted by Crippen LogP contribution is -2.46. The minimum absolute atomic E-state index is 0.0398. The molecule has 0 bridgehead atoms. The predicted molar refractivity (Wildman–Crippen MR) is 79.8 cm³/mol. The summed E-state index contributed by atoms with van der Waals surface area (Å²) in [7, 11) is 2.94. The Kier molecular flexibility index (Phi) is 7.72. The second kappa shape index (κ2) is 9.02. The van der Waals surface area contributed by atoms with Crippen molar-refractivity contribution in [3.05, 3.63) is 12.2 Å². The fourth-order valence-corrected chi connectivity index (χ4v) is 2.48. The predicted octanol–water partition coefficient (Wildman–Crippen LogP) is 2.56. The summed E-state index contributed by atoms with van der Waals surface area (Å²) < 4.78 is 10.2. The number of allylic oxidation sites excluding steroid dienone is 2. The van der Waals surface area contributed by atoms with Crippen molar-refractivity contribution in [1.29, 1.82) is 0 Å². The molecule has 1 saturated heterocycles. The number of ether oxygens (including phenoxy) is 2. The maximum absolute atomic E-state index is 11.3. The number of esters is 1. The van der Waals surface area contributed by atoms with Crippen LogP contribution in [0.2, 0.25) is 0 Å². The summed E-state index contributed by atoms with van der Waals surface area (Å²) in [6, 6.07) is 0. The molecule has 6 heteroatoms. The van der Waals surface area contributed by atoms with Gasteiger partial charge in [0.1, 0.15) is 6.10 Å². The maximum Gasteiger partial charge on any atom is 0.308 e. The molecule has 6 nitrogen and oxygen atoms in total. The highest BCUT2D eigenvalue weighted by atomic mass is 17.2. The van der Waals surface area contributed by atoms with Crippen LogP contribution in [0.3, 0.4) is 0 Å². The highest BCUT2D eigenvalue weighted by molar-refractivity contribution is 5.87. The molecule has 0 radical (unpaired) electrons. The number of carbonyl (C=O) groups excluding carboxylic acids is 2. The van der Waals surface area contributed by atoms with Gasteiger partial charge in [0.25, 0.3) is 0 Å². The summed E-state index contributed by atoms with van der Waals surface area (Å²) in [5, 5.41) is 0. The van der Waals surface area contributed by atoms with E-state index in [1.165, 1.54) is 14.0 Å². The standard InChI is InChI=1S/C16H26O6/c1-12-11-16(20-4,9-7-5-6-8-13(2)17)22-21-14(12)10-15(18)19-3/h6,8,12,14H,5,7,9-11H2,1-4H3/t12-,14-,16+/m0/s1. The van der Waals surface area contributed by atoms with Crippen LogP contribution in [-0.4, -0.2) is 37.9 Å². The van der Waals surface area contributed by atoms with E-state index in [-0.39, 0.29) is 30.2 Å². The van der Waals surface area contributed by atoms with E-state index < -0.39 is 5.79 Å². The molecule has 0 aromatic heterocycles. The zero-order valence-corrected chi connectivity index (χ0v) is 13.8. The number of rotatable bonds is 8. The molecule has 0 saturated carbocycles. The lowest BCUT2D eigenvalue weighted by Gasteiger charge is -2.40. The largest absolute Gasteiger partial charge is 0.469 e. The summed E-state index contributed by atoms with van der Waals surface area (Å²) >= 11 is 0. The van der Waals surface area contributed by atoms with Crippen LogP contribution in [-0.2, 0) is 28.8 Å². The number of ketones is 1. The van der Waals surface area contributed by atoms with E-state index in [1.54, 1.807) is 13.2 Å². The lowest BCUT2D eigenvalue weighted by atomic mass is 9.90. The molecule has 0 amide bonds. The third-order valence-corrected chi connectivity index (χ3v) is 3.84. The fraction of sp³-hybridized carbons (Fsp3) is 0.750. The highest BCUT2D eigenvalue weighted by Crippen LogP contribution is 2.36. The van der Waals surface area contributed by atoms with Crippen molar-refractivity contribution in [2.45, 2.75) is 57.8 Å². The molecule has 0 aliphatic carbocycles. The molecule has 126 valence electrons. The van der Waals surface area contributed by atoms with Gasteiger partial charge in [-0.1, -0.05) is 13.0 Å². The molecule has 0 N–H and O–H groups in total. The Bertz CT molecular complexity index is 405. The molecule has 1 rings (SSSR count). The Morgan fingerprint density at radius 1 is 1.36 bits per heavy atom. The Hall–Kier alpha value is -1.24. The number of hydrogen-bond donors (Lipinski definition) is 0. The first-order valence-electron chi connectivity index (χ1n) is 7.56. The van der Waals surface area contributed by atoms with Gasteiger partial charge in [0.2, 0.25) is 5.79 Å². The molecule has 0 aromatic rings. The number of hydrogen-bond acceptors (Lipinski definition) is 6. The van der Waals surface area contributed by atoms with Gasteiger partial charge in [-0.2, -0.15) is 0 Å². The first-order valence-corrected chi connectivity index (χ1v) is 7.56. The monoisotopic (exact) mass is 314 g/mol. The fourth-order valence-electron chi connectivity index (χ4n) is 2.48. The van der Waals surface area contributed by atoms with Crippen LogP contribution in [0.15, 0.2) is 12.2 Å². The maximum atomic E-state index is 11.3. The minimum atomic E-state index is -0.796. The Morgan fingerprint density at radius 2 is 2.09 bits per heavy atom. The van der Waals surface area contributed by atoms with Crippen molar-refractivity contribution in [2.24, 2.45) is 5.92 Å². The summed E-state index contributed by atoms with van der Waals surface area (Å²) in [5.74, 6) is -0.964.